The van der Waals surface area contributed by atoms with Gasteiger partial charge in [0.2, 0.25) is 5.91 Å². The molecule has 0 saturated carbocycles. The van der Waals surface area contributed by atoms with Crippen molar-refractivity contribution in [2.45, 2.75) is 39.3 Å². The molecule has 1 amide bonds. The molecule has 0 spiro atoms. The average molecular weight is 378 g/mol. The molecule has 3 heterocycles. The first-order chi connectivity index (χ1) is 12.6. The Morgan fingerprint density at radius 2 is 1.88 bits per heavy atom. The van der Waals surface area contributed by atoms with Crippen molar-refractivity contribution in [1.29, 1.82) is 0 Å². The summed E-state index contributed by atoms with van der Waals surface area (Å²) < 4.78 is 0. The summed E-state index contributed by atoms with van der Waals surface area (Å²) >= 11 is 1.78. The first-order valence-electron chi connectivity index (χ1n) is 9.61. The van der Waals surface area contributed by atoms with Crippen molar-refractivity contribution in [3.8, 4) is 0 Å². The van der Waals surface area contributed by atoms with E-state index in [-0.39, 0.29) is 6.04 Å². The highest BCUT2D eigenvalue weighted by molar-refractivity contribution is 7.10. The van der Waals surface area contributed by atoms with Crippen molar-refractivity contribution in [2.75, 3.05) is 46.3 Å². The largest absolute Gasteiger partial charge is 0.351 e. The number of aryl methyl sites for hydroxylation is 1. The van der Waals surface area contributed by atoms with Gasteiger partial charge in [-0.25, -0.2) is 0 Å². The number of amides is 1. The van der Waals surface area contributed by atoms with Gasteiger partial charge in [0.25, 0.3) is 0 Å². The van der Waals surface area contributed by atoms with Crippen molar-refractivity contribution in [1.82, 2.24) is 20.0 Å². The molecule has 2 fully saturated rings. The highest BCUT2D eigenvalue weighted by Crippen LogP contribution is 2.16. The Bertz CT molecular complexity index is 630. The number of aliphatic imine (C=N–C) groups is 1. The Morgan fingerprint density at radius 1 is 1.19 bits per heavy atom. The Labute approximate surface area is 160 Å². The van der Waals surface area contributed by atoms with Gasteiger partial charge in [0.1, 0.15) is 0 Å². The fourth-order valence-corrected chi connectivity index (χ4v) is 4.60. The van der Waals surface area contributed by atoms with E-state index in [1.54, 1.807) is 11.3 Å². The Balaban J connectivity index is 1.48. The molecule has 3 rings (SSSR count). The molecule has 144 valence electrons. The number of carbonyl (C=O) groups is 1. The molecule has 2 saturated heterocycles. The van der Waals surface area contributed by atoms with Crippen molar-refractivity contribution in [3.05, 3.63) is 21.9 Å². The summed E-state index contributed by atoms with van der Waals surface area (Å²) in [5, 5.41) is 5.62. The van der Waals surface area contributed by atoms with E-state index in [9.17, 15) is 4.79 Å². The number of nitrogens with zero attached hydrogens (tertiary/aromatic N) is 4. The van der Waals surface area contributed by atoms with Crippen LogP contribution in [0.1, 0.15) is 30.2 Å². The normalized spacial score (nSPS) is 20.5. The Morgan fingerprint density at radius 3 is 2.46 bits per heavy atom. The van der Waals surface area contributed by atoms with Gasteiger partial charge >= 0.3 is 0 Å². The van der Waals surface area contributed by atoms with Crippen molar-refractivity contribution >= 4 is 23.2 Å². The van der Waals surface area contributed by atoms with Crippen LogP contribution in [0.2, 0.25) is 0 Å². The SMILES string of the molecule is CN=C(NCc1sccc1C)N1CCN(C(C)C(=O)N2CCCC2)CC1. The predicted octanol–water partition coefficient (Wildman–Crippen LogP) is 1.76. The maximum Gasteiger partial charge on any atom is 0.239 e. The first kappa shape index (κ1) is 19.2. The van der Waals surface area contributed by atoms with Gasteiger partial charge in [-0.3, -0.25) is 14.7 Å². The lowest BCUT2D eigenvalue weighted by Gasteiger charge is -2.39. The molecule has 1 atom stereocenters. The number of likely N-dealkylation sites (tertiary alicyclic amines) is 1. The monoisotopic (exact) mass is 377 g/mol. The zero-order valence-corrected chi connectivity index (χ0v) is 17.0. The summed E-state index contributed by atoms with van der Waals surface area (Å²) in [5.41, 5.74) is 1.33. The molecule has 6 nitrogen and oxygen atoms in total. The minimum Gasteiger partial charge on any atom is -0.351 e. The van der Waals surface area contributed by atoms with E-state index in [2.05, 4.69) is 45.4 Å². The van der Waals surface area contributed by atoms with Crippen LogP contribution in [0, 0.1) is 6.92 Å². The third-order valence-electron chi connectivity index (χ3n) is 5.52. The van der Waals surface area contributed by atoms with Gasteiger partial charge < -0.3 is 15.1 Å². The topological polar surface area (TPSA) is 51.2 Å². The molecule has 0 radical (unpaired) electrons. The van der Waals surface area contributed by atoms with Gasteiger partial charge in [-0.15, -0.1) is 11.3 Å². The number of rotatable bonds is 4. The molecule has 7 heteroatoms. The molecular formula is C19H31N5OS. The molecule has 2 aliphatic rings. The van der Waals surface area contributed by atoms with Gasteiger partial charge in [-0.1, -0.05) is 0 Å². The molecule has 1 unspecified atom stereocenters. The summed E-state index contributed by atoms with van der Waals surface area (Å²) in [6.45, 7) is 10.5. The standard InChI is InChI=1S/C19H31N5OS/c1-15-6-13-26-17(15)14-21-19(20-3)24-11-9-22(10-12-24)16(2)18(25)23-7-4-5-8-23/h6,13,16H,4-5,7-12,14H2,1-3H3,(H,20,21). The van der Waals surface area contributed by atoms with Gasteiger partial charge in [-0.2, -0.15) is 0 Å². The summed E-state index contributed by atoms with van der Waals surface area (Å²) in [6.07, 6.45) is 2.30. The van der Waals surface area contributed by atoms with Crippen LogP contribution in [0.3, 0.4) is 0 Å². The molecule has 26 heavy (non-hydrogen) atoms. The average Bonchev–Trinajstić information content (AvgIpc) is 3.34. The summed E-state index contributed by atoms with van der Waals surface area (Å²) in [7, 11) is 1.84. The number of thiophene rings is 1. The quantitative estimate of drug-likeness (QED) is 0.642. The lowest BCUT2D eigenvalue weighted by atomic mass is 10.2. The third-order valence-corrected chi connectivity index (χ3v) is 6.55. The van der Waals surface area contributed by atoms with Crippen LogP contribution in [-0.2, 0) is 11.3 Å². The van der Waals surface area contributed by atoms with Crippen LogP contribution in [-0.4, -0.2) is 78.9 Å². The van der Waals surface area contributed by atoms with Crippen LogP contribution in [0.5, 0.6) is 0 Å². The van der Waals surface area contributed by atoms with E-state index in [0.717, 1.165) is 64.6 Å². The second kappa shape index (κ2) is 8.86. The van der Waals surface area contributed by atoms with Gasteiger partial charge in [0, 0.05) is 51.2 Å². The number of piperazine rings is 1. The fraction of sp³-hybridized carbons (Fsp3) is 0.684. The fourth-order valence-electron chi connectivity index (χ4n) is 3.76. The predicted molar refractivity (Wildman–Crippen MR) is 108 cm³/mol. The third kappa shape index (κ3) is 4.38. The van der Waals surface area contributed by atoms with Crippen LogP contribution < -0.4 is 5.32 Å². The summed E-state index contributed by atoms with van der Waals surface area (Å²) in [6, 6.07) is 2.14. The molecule has 1 aromatic heterocycles. The maximum atomic E-state index is 12.6. The molecular weight excluding hydrogens is 346 g/mol. The molecule has 2 aliphatic heterocycles. The van der Waals surface area contributed by atoms with Crippen LogP contribution in [0.15, 0.2) is 16.4 Å². The summed E-state index contributed by atoms with van der Waals surface area (Å²) in [4.78, 5) is 25.1. The van der Waals surface area contributed by atoms with E-state index in [1.165, 1.54) is 10.4 Å². The van der Waals surface area contributed by atoms with E-state index >= 15 is 0 Å². The number of guanidine groups is 1. The number of nitrogens with one attached hydrogen (secondary N) is 1. The number of carbonyl (C=O) groups excluding carboxylic acids is 1. The van der Waals surface area contributed by atoms with E-state index in [4.69, 9.17) is 0 Å². The van der Waals surface area contributed by atoms with Crippen LogP contribution >= 0.6 is 11.3 Å². The van der Waals surface area contributed by atoms with Crippen LogP contribution in [0.4, 0.5) is 0 Å². The first-order valence-corrected chi connectivity index (χ1v) is 10.5. The molecule has 1 N–H and O–H groups in total. The molecule has 0 aliphatic carbocycles. The highest BCUT2D eigenvalue weighted by Gasteiger charge is 2.30. The molecule has 0 bridgehead atoms. The summed E-state index contributed by atoms with van der Waals surface area (Å²) in [5.74, 6) is 1.25. The lowest BCUT2D eigenvalue weighted by molar-refractivity contribution is -0.135. The number of hydrogen-bond donors (Lipinski definition) is 1. The lowest BCUT2D eigenvalue weighted by Crippen LogP contribution is -2.57. The van der Waals surface area contributed by atoms with Crippen molar-refractivity contribution in [2.24, 2.45) is 4.99 Å². The highest BCUT2D eigenvalue weighted by atomic mass is 32.1. The number of hydrogen-bond acceptors (Lipinski definition) is 4. The maximum absolute atomic E-state index is 12.6. The van der Waals surface area contributed by atoms with Gasteiger partial charge in [0.15, 0.2) is 5.96 Å². The second-order valence-electron chi connectivity index (χ2n) is 7.16. The minimum atomic E-state index is -0.0148. The Hall–Kier alpha value is -1.60. The minimum absolute atomic E-state index is 0.0148. The van der Waals surface area contributed by atoms with Crippen LogP contribution in [0.25, 0.3) is 0 Å². The zero-order chi connectivity index (χ0) is 18.5. The molecule has 0 aromatic carbocycles. The Kier molecular flexibility index (Phi) is 6.53. The van der Waals surface area contributed by atoms with Crippen molar-refractivity contribution in [3.63, 3.8) is 0 Å². The van der Waals surface area contributed by atoms with E-state index in [1.807, 2.05) is 11.9 Å². The zero-order valence-electron chi connectivity index (χ0n) is 16.2. The van der Waals surface area contributed by atoms with Gasteiger partial charge in [-0.05, 0) is 43.7 Å². The van der Waals surface area contributed by atoms with E-state index in [0.29, 0.717) is 5.91 Å². The van der Waals surface area contributed by atoms with Gasteiger partial charge in [0.05, 0.1) is 12.6 Å². The van der Waals surface area contributed by atoms with E-state index < -0.39 is 0 Å². The smallest absolute Gasteiger partial charge is 0.239 e. The molecule has 1 aromatic rings. The second-order valence-corrected chi connectivity index (χ2v) is 8.16. The van der Waals surface area contributed by atoms with Crippen molar-refractivity contribution < 1.29 is 4.79 Å².